The van der Waals surface area contributed by atoms with Crippen molar-refractivity contribution in [2.45, 2.75) is 38.5 Å². The zero-order valence-corrected chi connectivity index (χ0v) is 8.36. The number of aliphatic hydroxyl groups is 1. The van der Waals surface area contributed by atoms with Gasteiger partial charge in [0.2, 0.25) is 0 Å². The third-order valence-corrected chi connectivity index (χ3v) is 1.81. The molecule has 0 unspecified atom stereocenters. The van der Waals surface area contributed by atoms with E-state index in [2.05, 4.69) is 26.7 Å². The van der Waals surface area contributed by atoms with E-state index in [-0.39, 0.29) is 0 Å². The fourth-order valence-electron chi connectivity index (χ4n) is 0.903. The van der Waals surface area contributed by atoms with Gasteiger partial charge in [-0.05, 0) is 17.7 Å². The maximum Gasteiger partial charge on any atom is 0.0431 e. The van der Waals surface area contributed by atoms with Crippen LogP contribution in [-0.2, 0) is 0 Å². The lowest BCUT2D eigenvalue weighted by atomic mass is 10.1. The van der Waals surface area contributed by atoms with E-state index in [1.165, 1.54) is 19.3 Å². The second kappa shape index (κ2) is 10.0. The average Bonchev–Trinajstić information content (AvgIpc) is 2.03. The van der Waals surface area contributed by atoms with Crippen LogP contribution in [-0.4, -0.2) is 11.7 Å². The number of hydrogen-bond donors (Lipinski definition) is 1. The number of aliphatic hydroxyl groups excluding tert-OH is 1. The number of halogens is 1. The fraction of sp³-hybridized carbons (Fsp3) is 0.778. The van der Waals surface area contributed by atoms with Crippen LogP contribution in [0.2, 0.25) is 0 Å². The zero-order chi connectivity index (χ0) is 8.36. The lowest BCUT2D eigenvalue weighted by Gasteiger charge is -1.95. The quantitative estimate of drug-likeness (QED) is 0.537. The maximum absolute atomic E-state index is 8.48. The van der Waals surface area contributed by atoms with Crippen molar-refractivity contribution in [3.8, 4) is 10.8 Å². The van der Waals surface area contributed by atoms with Crippen LogP contribution in [0.5, 0.6) is 0 Å². The van der Waals surface area contributed by atoms with E-state index in [0.29, 0.717) is 6.61 Å². The molecule has 0 aliphatic heterocycles. The van der Waals surface area contributed by atoms with E-state index >= 15 is 0 Å². The van der Waals surface area contributed by atoms with Gasteiger partial charge in [0, 0.05) is 29.0 Å². The van der Waals surface area contributed by atoms with Gasteiger partial charge >= 0.3 is 0 Å². The Morgan fingerprint density at radius 2 is 1.64 bits per heavy atom. The van der Waals surface area contributed by atoms with Crippen molar-refractivity contribution in [2.75, 3.05) is 6.61 Å². The second-order valence-electron chi connectivity index (χ2n) is 2.51. The van der Waals surface area contributed by atoms with Crippen molar-refractivity contribution >= 4 is 15.9 Å². The Morgan fingerprint density at radius 3 is 2.27 bits per heavy atom. The van der Waals surface area contributed by atoms with Crippen molar-refractivity contribution in [2.24, 2.45) is 0 Å². The molecule has 0 aliphatic rings. The van der Waals surface area contributed by atoms with Crippen LogP contribution in [0, 0.1) is 10.8 Å². The van der Waals surface area contributed by atoms with Crippen molar-refractivity contribution in [3.05, 3.63) is 0 Å². The first-order chi connectivity index (χ1) is 5.41. The third-order valence-electron chi connectivity index (χ3n) is 1.53. The first-order valence-electron chi connectivity index (χ1n) is 4.11. The van der Waals surface area contributed by atoms with Gasteiger partial charge in [-0.2, -0.15) is 0 Å². The molecule has 0 aromatic carbocycles. The first-order valence-corrected chi connectivity index (χ1v) is 4.90. The van der Waals surface area contributed by atoms with Gasteiger partial charge < -0.3 is 5.11 Å². The summed E-state index contributed by atoms with van der Waals surface area (Å²) in [4.78, 5) is 2.69. The van der Waals surface area contributed by atoms with E-state index in [1.54, 1.807) is 0 Å². The largest absolute Gasteiger partial charge is 0.396 e. The van der Waals surface area contributed by atoms with Crippen LogP contribution in [0.3, 0.4) is 0 Å². The maximum atomic E-state index is 8.48. The van der Waals surface area contributed by atoms with E-state index in [1.807, 2.05) is 0 Å². The van der Waals surface area contributed by atoms with Gasteiger partial charge in [-0.3, -0.25) is 0 Å². The molecule has 0 saturated carbocycles. The monoisotopic (exact) mass is 218 g/mol. The van der Waals surface area contributed by atoms with E-state index < -0.39 is 0 Å². The molecule has 0 fully saturated rings. The molecule has 0 bridgehead atoms. The van der Waals surface area contributed by atoms with Crippen LogP contribution in [0.1, 0.15) is 38.5 Å². The molecule has 0 aromatic rings. The Balaban J connectivity index is 2.83. The molecule has 0 heterocycles. The Morgan fingerprint density at radius 1 is 1.00 bits per heavy atom. The third kappa shape index (κ3) is 10.0. The number of hydrogen-bond acceptors (Lipinski definition) is 1. The normalized spacial score (nSPS) is 8.91. The van der Waals surface area contributed by atoms with Crippen LogP contribution < -0.4 is 0 Å². The first kappa shape index (κ1) is 11.0. The molecule has 0 aromatic heterocycles. The molecule has 11 heavy (non-hydrogen) atoms. The molecule has 0 spiro atoms. The van der Waals surface area contributed by atoms with Crippen LogP contribution >= 0.6 is 15.9 Å². The van der Waals surface area contributed by atoms with Crippen LogP contribution in [0.4, 0.5) is 0 Å². The van der Waals surface area contributed by atoms with Crippen LogP contribution in [0.15, 0.2) is 0 Å². The Bertz CT molecular complexity index is 123. The molecule has 0 aliphatic carbocycles. The molecule has 0 atom stereocenters. The summed E-state index contributed by atoms with van der Waals surface area (Å²) < 4.78 is 0. The van der Waals surface area contributed by atoms with Gasteiger partial charge in [0.15, 0.2) is 0 Å². The molecule has 2 heteroatoms. The molecular formula is C9H15BrO. The van der Waals surface area contributed by atoms with Gasteiger partial charge in [-0.15, -0.1) is 0 Å². The van der Waals surface area contributed by atoms with Gasteiger partial charge in [0.05, 0.1) is 0 Å². The highest BCUT2D eigenvalue weighted by Gasteiger charge is 1.87. The fourth-order valence-corrected chi connectivity index (χ4v) is 1.10. The Kier molecular flexibility index (Phi) is 10.0. The minimum Gasteiger partial charge on any atom is -0.396 e. The van der Waals surface area contributed by atoms with Crippen molar-refractivity contribution in [1.29, 1.82) is 0 Å². The summed E-state index contributed by atoms with van der Waals surface area (Å²) in [5.74, 6) is 2.96. The minimum absolute atomic E-state index is 0.335. The van der Waals surface area contributed by atoms with Gasteiger partial charge in [0.1, 0.15) is 0 Å². The topological polar surface area (TPSA) is 20.2 Å². The summed E-state index contributed by atoms with van der Waals surface area (Å²) in [5.41, 5.74) is 0. The molecule has 0 amide bonds. The lowest BCUT2D eigenvalue weighted by Crippen LogP contribution is -1.82. The average molecular weight is 219 g/mol. The molecule has 0 rings (SSSR count). The van der Waals surface area contributed by atoms with Gasteiger partial charge in [0.25, 0.3) is 0 Å². The second-order valence-corrected chi connectivity index (χ2v) is 2.91. The predicted molar refractivity (Wildman–Crippen MR) is 51.5 cm³/mol. The summed E-state index contributed by atoms with van der Waals surface area (Å²) in [6.45, 7) is 0.335. The van der Waals surface area contributed by atoms with Crippen LogP contribution in [0.25, 0.3) is 0 Å². The minimum atomic E-state index is 0.335. The Hall–Kier alpha value is 0. The van der Waals surface area contributed by atoms with E-state index in [0.717, 1.165) is 19.3 Å². The van der Waals surface area contributed by atoms with Crippen molar-refractivity contribution in [3.63, 3.8) is 0 Å². The molecule has 64 valence electrons. The molecular weight excluding hydrogens is 204 g/mol. The van der Waals surface area contributed by atoms with E-state index in [4.69, 9.17) is 5.11 Å². The predicted octanol–water partition coefficient (Wildman–Crippen LogP) is 2.68. The zero-order valence-electron chi connectivity index (χ0n) is 6.77. The van der Waals surface area contributed by atoms with Gasteiger partial charge in [-0.25, -0.2) is 0 Å². The number of rotatable bonds is 6. The highest BCUT2D eigenvalue weighted by atomic mass is 79.9. The standard InChI is InChI=1S/C9H15BrO/c10-8-6-4-2-1-3-5-7-9-11/h11H,1-5,7,9H2. The highest BCUT2D eigenvalue weighted by Crippen LogP contribution is 2.04. The smallest absolute Gasteiger partial charge is 0.0431 e. The molecule has 1 nitrogen and oxygen atoms in total. The molecule has 1 N–H and O–H groups in total. The summed E-state index contributed by atoms with van der Waals surface area (Å²) in [6, 6.07) is 0. The summed E-state index contributed by atoms with van der Waals surface area (Å²) in [6.07, 6.45) is 6.74. The Labute approximate surface area is 77.3 Å². The summed E-state index contributed by atoms with van der Waals surface area (Å²) in [7, 11) is 0. The van der Waals surface area contributed by atoms with Crippen molar-refractivity contribution < 1.29 is 5.11 Å². The summed E-state index contributed by atoms with van der Waals surface area (Å²) in [5, 5.41) is 8.48. The SMILES string of the molecule is OCCCCCCCC#CBr. The lowest BCUT2D eigenvalue weighted by molar-refractivity contribution is 0.282. The van der Waals surface area contributed by atoms with Gasteiger partial charge in [-0.1, -0.05) is 25.2 Å². The van der Waals surface area contributed by atoms with Crippen molar-refractivity contribution in [1.82, 2.24) is 0 Å². The highest BCUT2D eigenvalue weighted by molar-refractivity contribution is 9.12. The summed E-state index contributed by atoms with van der Waals surface area (Å²) >= 11 is 3.05. The molecule has 0 radical (unpaired) electrons. The van der Waals surface area contributed by atoms with E-state index in [9.17, 15) is 0 Å². The molecule has 0 saturated heterocycles. The number of unbranched alkanes of at least 4 members (excludes halogenated alkanes) is 5.